The van der Waals surface area contributed by atoms with Crippen molar-refractivity contribution in [1.29, 1.82) is 0 Å². The molecule has 0 unspecified atom stereocenters. The number of rotatable bonds is 4. The van der Waals surface area contributed by atoms with Gasteiger partial charge in [0.05, 0.1) is 0 Å². The molecular weight excluding hydrogens is 320 g/mol. The van der Waals surface area contributed by atoms with Gasteiger partial charge in [-0.3, -0.25) is 19.6 Å². The molecule has 0 aliphatic rings. The van der Waals surface area contributed by atoms with Gasteiger partial charge in [-0.1, -0.05) is 26.7 Å². The summed E-state index contributed by atoms with van der Waals surface area (Å²) in [6.45, 7) is 4.06. The van der Waals surface area contributed by atoms with Gasteiger partial charge >= 0.3 is 0 Å². The number of hydrogen-bond donors (Lipinski definition) is 4. The second-order valence-corrected chi connectivity index (χ2v) is 5.51. The van der Waals surface area contributed by atoms with Gasteiger partial charge in [-0.25, -0.2) is 0 Å². The Hall–Kier alpha value is -1.80. The van der Waals surface area contributed by atoms with Crippen LogP contribution in [0.1, 0.15) is 37.8 Å². The third-order valence-corrected chi connectivity index (χ3v) is 3.27. The fraction of sp³-hybridized carbons (Fsp3) is 0.429. The van der Waals surface area contributed by atoms with Gasteiger partial charge in [0.25, 0.3) is 11.1 Å². The van der Waals surface area contributed by atoms with Crippen LogP contribution in [0.3, 0.4) is 0 Å². The lowest BCUT2D eigenvalue weighted by Crippen LogP contribution is -2.12. The largest absolute Gasteiger partial charge is 0.338 e. The Balaban J connectivity index is 0.000000220. The van der Waals surface area contributed by atoms with Crippen LogP contribution >= 0.6 is 24.4 Å². The lowest BCUT2D eigenvalue weighted by atomic mass is 10.2. The van der Waals surface area contributed by atoms with Crippen LogP contribution in [-0.4, -0.2) is 19.9 Å². The van der Waals surface area contributed by atoms with E-state index in [2.05, 4.69) is 19.9 Å². The first-order valence-corrected chi connectivity index (χ1v) is 7.91. The quantitative estimate of drug-likeness (QED) is 0.643. The Labute approximate surface area is 138 Å². The summed E-state index contributed by atoms with van der Waals surface area (Å²) in [7, 11) is 0. The summed E-state index contributed by atoms with van der Waals surface area (Å²) in [6, 6.07) is 0. The first-order valence-electron chi connectivity index (χ1n) is 7.09. The van der Waals surface area contributed by atoms with Crippen molar-refractivity contribution in [2.75, 3.05) is 0 Å². The molecule has 0 atom stereocenters. The smallest absolute Gasteiger partial charge is 0.254 e. The van der Waals surface area contributed by atoms with Crippen molar-refractivity contribution in [3.05, 3.63) is 53.8 Å². The van der Waals surface area contributed by atoms with Crippen LogP contribution in [0.4, 0.5) is 0 Å². The summed E-state index contributed by atoms with van der Waals surface area (Å²) >= 11 is 9.46. The van der Waals surface area contributed by atoms with Crippen molar-refractivity contribution >= 4 is 24.4 Å². The molecule has 0 fully saturated rings. The van der Waals surface area contributed by atoms with E-state index in [0.717, 1.165) is 36.8 Å². The number of H-pyrrole nitrogens is 4. The van der Waals surface area contributed by atoms with E-state index in [4.69, 9.17) is 24.4 Å². The van der Waals surface area contributed by atoms with Gasteiger partial charge < -0.3 is 9.97 Å². The van der Waals surface area contributed by atoms with Crippen molar-refractivity contribution in [3.63, 3.8) is 0 Å². The average molecular weight is 340 g/mol. The monoisotopic (exact) mass is 340 g/mol. The van der Waals surface area contributed by atoms with E-state index in [1.807, 2.05) is 13.8 Å². The van der Waals surface area contributed by atoms with E-state index in [1.165, 1.54) is 0 Å². The molecule has 0 radical (unpaired) electrons. The van der Waals surface area contributed by atoms with Gasteiger partial charge in [-0.2, -0.15) is 0 Å². The van der Waals surface area contributed by atoms with Crippen molar-refractivity contribution < 1.29 is 0 Å². The lowest BCUT2D eigenvalue weighted by molar-refractivity contribution is 0.880. The van der Waals surface area contributed by atoms with Crippen LogP contribution in [0.25, 0.3) is 0 Å². The molecule has 2 heterocycles. The summed E-state index contributed by atoms with van der Waals surface area (Å²) < 4.78 is 0.768. The summed E-state index contributed by atoms with van der Waals surface area (Å²) in [5.41, 5.74) is 1.38. The van der Waals surface area contributed by atoms with Crippen LogP contribution in [0, 0.1) is 9.54 Å². The fourth-order valence-corrected chi connectivity index (χ4v) is 2.09. The maximum absolute atomic E-state index is 11.1. The zero-order chi connectivity index (χ0) is 16.5. The molecule has 0 amide bonds. The SMILES string of the molecule is CCCc1c[nH]c(=S)[nH]c1=O.CCCc1c[nH]c(=S)[nH]c1=O. The predicted molar refractivity (Wildman–Crippen MR) is 92.5 cm³/mol. The second kappa shape index (κ2) is 9.26. The number of aryl methyl sites for hydroxylation is 2. The molecule has 22 heavy (non-hydrogen) atoms. The van der Waals surface area contributed by atoms with E-state index >= 15 is 0 Å². The molecule has 0 aromatic carbocycles. The zero-order valence-corrected chi connectivity index (χ0v) is 14.2. The third-order valence-electron chi connectivity index (χ3n) is 2.83. The summed E-state index contributed by atoms with van der Waals surface area (Å²) in [5.74, 6) is 0. The van der Waals surface area contributed by atoms with Gasteiger partial charge in [-0.05, 0) is 37.3 Å². The molecule has 8 heteroatoms. The minimum atomic E-state index is -0.0735. The van der Waals surface area contributed by atoms with Gasteiger partial charge in [0.15, 0.2) is 9.54 Å². The van der Waals surface area contributed by atoms with E-state index in [-0.39, 0.29) is 11.1 Å². The molecule has 120 valence electrons. The molecule has 0 aliphatic heterocycles. The van der Waals surface area contributed by atoms with Crippen molar-refractivity contribution in [1.82, 2.24) is 19.9 Å². The number of nitrogens with one attached hydrogen (secondary N) is 4. The molecule has 0 saturated carbocycles. The molecule has 2 aromatic heterocycles. The van der Waals surface area contributed by atoms with Gasteiger partial charge in [0.1, 0.15) is 0 Å². The normalized spacial score (nSPS) is 9.91. The third kappa shape index (κ3) is 5.90. The Morgan fingerprint density at radius 1 is 0.818 bits per heavy atom. The number of aromatic nitrogens is 4. The van der Waals surface area contributed by atoms with Crippen LogP contribution in [-0.2, 0) is 12.8 Å². The van der Waals surface area contributed by atoms with Crippen LogP contribution in [0.5, 0.6) is 0 Å². The van der Waals surface area contributed by atoms with Crippen molar-refractivity contribution in [2.24, 2.45) is 0 Å². The highest BCUT2D eigenvalue weighted by atomic mass is 32.1. The van der Waals surface area contributed by atoms with Crippen LogP contribution in [0.2, 0.25) is 0 Å². The first kappa shape index (κ1) is 18.2. The first-order chi connectivity index (χ1) is 10.5. The molecule has 2 aromatic rings. The average Bonchev–Trinajstić information content (AvgIpc) is 2.46. The van der Waals surface area contributed by atoms with Gasteiger partial charge in [0.2, 0.25) is 0 Å². The van der Waals surface area contributed by atoms with E-state index in [0.29, 0.717) is 9.54 Å². The molecule has 0 spiro atoms. The summed E-state index contributed by atoms with van der Waals surface area (Å²) in [6.07, 6.45) is 6.86. The Bertz CT molecular complexity index is 747. The zero-order valence-electron chi connectivity index (χ0n) is 12.6. The highest BCUT2D eigenvalue weighted by molar-refractivity contribution is 7.71. The second-order valence-electron chi connectivity index (χ2n) is 4.69. The van der Waals surface area contributed by atoms with Crippen LogP contribution < -0.4 is 11.1 Å². The lowest BCUT2D eigenvalue weighted by Gasteiger charge is -1.94. The maximum atomic E-state index is 11.1. The Kier molecular flexibility index (Phi) is 7.69. The highest BCUT2D eigenvalue weighted by Crippen LogP contribution is 1.92. The summed E-state index contributed by atoms with van der Waals surface area (Å²) in [4.78, 5) is 32.8. The van der Waals surface area contributed by atoms with Gasteiger partial charge in [-0.15, -0.1) is 0 Å². The molecule has 0 bridgehead atoms. The van der Waals surface area contributed by atoms with Crippen LogP contribution in [0.15, 0.2) is 22.0 Å². The number of aromatic amines is 4. The Morgan fingerprint density at radius 2 is 1.18 bits per heavy atom. The highest BCUT2D eigenvalue weighted by Gasteiger charge is 1.96. The summed E-state index contributed by atoms with van der Waals surface area (Å²) in [5, 5.41) is 0. The molecule has 0 saturated heterocycles. The van der Waals surface area contributed by atoms with E-state index < -0.39 is 0 Å². The molecular formula is C14H20N4O2S2. The van der Waals surface area contributed by atoms with E-state index in [1.54, 1.807) is 12.4 Å². The minimum absolute atomic E-state index is 0.0735. The van der Waals surface area contributed by atoms with Gasteiger partial charge in [0, 0.05) is 23.5 Å². The minimum Gasteiger partial charge on any atom is -0.338 e. The predicted octanol–water partition coefficient (Wildman–Crippen LogP) is 2.77. The fourth-order valence-electron chi connectivity index (χ4n) is 1.79. The number of hydrogen-bond acceptors (Lipinski definition) is 4. The molecule has 4 N–H and O–H groups in total. The maximum Gasteiger partial charge on any atom is 0.254 e. The van der Waals surface area contributed by atoms with Crippen molar-refractivity contribution in [3.8, 4) is 0 Å². The van der Waals surface area contributed by atoms with Crippen molar-refractivity contribution in [2.45, 2.75) is 39.5 Å². The standard InChI is InChI=1S/2C7H10N2OS/c2*1-2-3-5-4-8-7(11)9-6(5)10/h2*4H,2-3H2,1H3,(H2,8,9,10,11). The van der Waals surface area contributed by atoms with E-state index in [9.17, 15) is 9.59 Å². The molecule has 6 nitrogen and oxygen atoms in total. The Morgan fingerprint density at radius 3 is 1.45 bits per heavy atom. The topological polar surface area (TPSA) is 97.3 Å². The molecule has 2 rings (SSSR count). The molecule has 0 aliphatic carbocycles.